The van der Waals surface area contributed by atoms with Crippen LogP contribution in [-0.2, 0) is 0 Å². The topological polar surface area (TPSA) is 23.1 Å². The summed E-state index contributed by atoms with van der Waals surface area (Å²) in [5.41, 5.74) is 4.02. The predicted octanol–water partition coefficient (Wildman–Crippen LogP) is -0.879. The van der Waals surface area contributed by atoms with Crippen molar-refractivity contribution in [2.75, 3.05) is 0 Å². The SMILES string of the molecule is [Li+].[O-]C1c2ccccc2-c2ccccc21. The summed E-state index contributed by atoms with van der Waals surface area (Å²) in [4.78, 5) is 0. The van der Waals surface area contributed by atoms with E-state index in [9.17, 15) is 5.11 Å². The van der Waals surface area contributed by atoms with Gasteiger partial charge in [-0.1, -0.05) is 54.6 Å². The smallest absolute Gasteiger partial charge is 0.845 e. The van der Waals surface area contributed by atoms with Gasteiger partial charge in [-0.3, -0.25) is 0 Å². The molecule has 0 radical (unpaired) electrons. The number of benzene rings is 2. The van der Waals surface area contributed by atoms with Crippen LogP contribution >= 0.6 is 0 Å². The van der Waals surface area contributed by atoms with Gasteiger partial charge in [0.1, 0.15) is 0 Å². The Morgan fingerprint density at radius 2 is 1.13 bits per heavy atom. The second-order valence-corrected chi connectivity index (χ2v) is 3.55. The Kier molecular flexibility index (Phi) is 2.71. The van der Waals surface area contributed by atoms with E-state index in [-0.39, 0.29) is 18.9 Å². The summed E-state index contributed by atoms with van der Waals surface area (Å²) in [7, 11) is 0. The van der Waals surface area contributed by atoms with Crippen molar-refractivity contribution in [1.82, 2.24) is 0 Å². The molecule has 15 heavy (non-hydrogen) atoms. The monoisotopic (exact) mass is 188 g/mol. The van der Waals surface area contributed by atoms with Crippen LogP contribution in [0.4, 0.5) is 0 Å². The van der Waals surface area contributed by atoms with E-state index >= 15 is 0 Å². The zero-order valence-corrected chi connectivity index (χ0v) is 8.60. The summed E-state index contributed by atoms with van der Waals surface area (Å²) in [6.45, 7) is 0. The Bertz CT molecular complexity index is 448. The van der Waals surface area contributed by atoms with Crippen molar-refractivity contribution in [3.8, 4) is 11.1 Å². The van der Waals surface area contributed by atoms with E-state index in [1.165, 1.54) is 0 Å². The van der Waals surface area contributed by atoms with Gasteiger partial charge in [0.15, 0.2) is 0 Å². The molecule has 2 aromatic carbocycles. The molecule has 0 atom stereocenters. The van der Waals surface area contributed by atoms with Gasteiger partial charge in [0.25, 0.3) is 0 Å². The molecule has 0 spiro atoms. The molecule has 68 valence electrons. The molecule has 1 aliphatic carbocycles. The molecular formula is C13H9LiO. The molecule has 1 nitrogen and oxygen atoms in total. The van der Waals surface area contributed by atoms with Gasteiger partial charge in [0, 0.05) is 0 Å². The molecule has 0 saturated heterocycles. The average Bonchev–Trinajstić information content (AvgIpc) is 2.55. The van der Waals surface area contributed by atoms with Gasteiger partial charge in [-0.25, -0.2) is 0 Å². The fourth-order valence-corrected chi connectivity index (χ4v) is 2.11. The van der Waals surface area contributed by atoms with Crippen molar-refractivity contribution in [1.29, 1.82) is 0 Å². The molecule has 2 aromatic rings. The van der Waals surface area contributed by atoms with Gasteiger partial charge in [0.2, 0.25) is 0 Å². The number of hydrogen-bond acceptors (Lipinski definition) is 1. The van der Waals surface area contributed by atoms with Crippen molar-refractivity contribution in [2.45, 2.75) is 6.10 Å². The molecule has 0 heterocycles. The van der Waals surface area contributed by atoms with Crippen LogP contribution in [0.3, 0.4) is 0 Å². The minimum absolute atomic E-state index is 0. The molecule has 0 unspecified atom stereocenters. The van der Waals surface area contributed by atoms with Crippen LogP contribution in [0.1, 0.15) is 17.2 Å². The van der Waals surface area contributed by atoms with E-state index in [4.69, 9.17) is 0 Å². The molecule has 0 amide bonds. The normalized spacial score (nSPS) is 12.9. The Morgan fingerprint density at radius 3 is 1.60 bits per heavy atom. The van der Waals surface area contributed by atoms with Crippen molar-refractivity contribution in [2.24, 2.45) is 0 Å². The zero-order valence-electron chi connectivity index (χ0n) is 8.60. The fourth-order valence-electron chi connectivity index (χ4n) is 2.11. The molecule has 0 aliphatic heterocycles. The Labute approximate surface area is 101 Å². The molecule has 0 fully saturated rings. The van der Waals surface area contributed by atoms with Crippen molar-refractivity contribution in [3.63, 3.8) is 0 Å². The second kappa shape index (κ2) is 3.87. The quantitative estimate of drug-likeness (QED) is 0.492. The summed E-state index contributed by atoms with van der Waals surface area (Å²) in [6.07, 6.45) is -0.692. The first-order chi connectivity index (χ1) is 6.88. The van der Waals surface area contributed by atoms with Gasteiger partial charge in [0.05, 0.1) is 0 Å². The molecule has 0 bridgehead atoms. The summed E-state index contributed by atoms with van der Waals surface area (Å²) in [5, 5.41) is 12.0. The van der Waals surface area contributed by atoms with E-state index in [0.29, 0.717) is 0 Å². The van der Waals surface area contributed by atoms with Gasteiger partial charge >= 0.3 is 18.9 Å². The standard InChI is InChI=1S/C13H9O.Li/c14-13-11-7-3-1-5-9(11)10-6-2-4-8-12(10)13;/h1-8,13H;/q-1;+1. The van der Waals surface area contributed by atoms with E-state index in [2.05, 4.69) is 0 Å². The first-order valence-electron chi connectivity index (χ1n) is 4.72. The maximum absolute atomic E-state index is 12.0. The van der Waals surface area contributed by atoms with Crippen LogP contribution in [0.25, 0.3) is 11.1 Å². The first-order valence-corrected chi connectivity index (χ1v) is 4.72. The third-order valence-electron chi connectivity index (χ3n) is 2.78. The molecule has 0 aromatic heterocycles. The van der Waals surface area contributed by atoms with Crippen molar-refractivity contribution in [3.05, 3.63) is 59.7 Å². The van der Waals surface area contributed by atoms with Gasteiger partial charge in [-0.2, -0.15) is 0 Å². The summed E-state index contributed by atoms with van der Waals surface area (Å²) in [5.74, 6) is 0. The van der Waals surface area contributed by atoms with Gasteiger partial charge in [-0.15, -0.1) is 0 Å². The van der Waals surface area contributed by atoms with Crippen molar-refractivity contribution < 1.29 is 24.0 Å². The molecule has 0 saturated carbocycles. The van der Waals surface area contributed by atoms with Crippen LogP contribution in [0.5, 0.6) is 0 Å². The van der Waals surface area contributed by atoms with Gasteiger partial charge < -0.3 is 5.11 Å². The third-order valence-corrected chi connectivity index (χ3v) is 2.78. The summed E-state index contributed by atoms with van der Waals surface area (Å²) >= 11 is 0. The zero-order chi connectivity index (χ0) is 9.54. The number of rotatable bonds is 0. The summed E-state index contributed by atoms with van der Waals surface area (Å²) < 4.78 is 0. The van der Waals surface area contributed by atoms with Crippen LogP contribution in [-0.4, -0.2) is 0 Å². The van der Waals surface area contributed by atoms with Crippen LogP contribution < -0.4 is 24.0 Å². The Balaban J connectivity index is 0.000000853. The molecule has 1 aliphatic rings. The van der Waals surface area contributed by atoms with Crippen LogP contribution in [0, 0.1) is 0 Å². The number of hydrogen-bond donors (Lipinski definition) is 0. The Hall–Kier alpha value is -1.00. The van der Waals surface area contributed by atoms with Crippen LogP contribution in [0.2, 0.25) is 0 Å². The first kappa shape index (κ1) is 10.5. The molecule has 2 heteroatoms. The average molecular weight is 188 g/mol. The van der Waals surface area contributed by atoms with E-state index in [1.807, 2.05) is 48.5 Å². The third kappa shape index (κ3) is 1.44. The minimum Gasteiger partial charge on any atom is -0.845 e. The van der Waals surface area contributed by atoms with Gasteiger partial charge in [-0.05, 0) is 22.3 Å². The molecular weight excluding hydrogens is 179 g/mol. The maximum atomic E-state index is 12.0. The van der Waals surface area contributed by atoms with Crippen LogP contribution in [0.15, 0.2) is 48.5 Å². The Morgan fingerprint density at radius 1 is 0.733 bits per heavy atom. The van der Waals surface area contributed by atoms with E-state index in [0.717, 1.165) is 22.3 Å². The number of fused-ring (bicyclic) bond motifs is 3. The molecule has 3 rings (SSSR count). The largest absolute Gasteiger partial charge is 1.00 e. The maximum Gasteiger partial charge on any atom is 1.00 e. The fraction of sp³-hybridized carbons (Fsp3) is 0.0769. The summed E-state index contributed by atoms with van der Waals surface area (Å²) in [6, 6.07) is 15.7. The van der Waals surface area contributed by atoms with E-state index in [1.54, 1.807) is 0 Å². The molecule has 0 N–H and O–H groups in total. The predicted molar refractivity (Wildman–Crippen MR) is 53.7 cm³/mol. The van der Waals surface area contributed by atoms with Crippen molar-refractivity contribution >= 4 is 0 Å². The van der Waals surface area contributed by atoms with E-state index < -0.39 is 6.10 Å². The minimum atomic E-state index is -0.692. The second-order valence-electron chi connectivity index (χ2n) is 3.55.